The van der Waals surface area contributed by atoms with Gasteiger partial charge in [-0.2, -0.15) is 5.26 Å². The van der Waals surface area contributed by atoms with Crippen molar-refractivity contribution in [3.63, 3.8) is 0 Å². The number of nitrogens with zero attached hydrogens (tertiary/aromatic N) is 1. The minimum atomic E-state index is 0.594. The van der Waals surface area contributed by atoms with E-state index < -0.39 is 0 Å². The fourth-order valence-corrected chi connectivity index (χ4v) is 1.38. The highest BCUT2D eigenvalue weighted by molar-refractivity contribution is 6.33. The van der Waals surface area contributed by atoms with Crippen molar-refractivity contribution < 1.29 is 0 Å². The second-order valence-corrected chi connectivity index (χ2v) is 3.49. The molecule has 0 saturated heterocycles. The van der Waals surface area contributed by atoms with E-state index in [2.05, 4.69) is 18.3 Å². The molecule has 0 unspecified atom stereocenters. The fourth-order valence-electron chi connectivity index (χ4n) is 1.13. The minimum absolute atomic E-state index is 0.594. The summed E-state index contributed by atoms with van der Waals surface area (Å²) in [5.74, 6) is 0. The van der Waals surface area contributed by atoms with Gasteiger partial charge in [0.1, 0.15) is 0 Å². The van der Waals surface area contributed by atoms with Crippen molar-refractivity contribution in [2.45, 2.75) is 19.8 Å². The number of hydrogen-bond acceptors (Lipinski definition) is 2. The summed E-state index contributed by atoms with van der Waals surface area (Å²) in [7, 11) is 0. The first-order valence-corrected chi connectivity index (χ1v) is 5.09. The van der Waals surface area contributed by atoms with Crippen LogP contribution >= 0.6 is 11.6 Å². The monoisotopic (exact) mass is 208 g/mol. The molecule has 74 valence electrons. The average molecular weight is 209 g/mol. The molecule has 1 aromatic rings. The lowest BCUT2D eigenvalue weighted by molar-refractivity contribution is 0.834. The summed E-state index contributed by atoms with van der Waals surface area (Å²) in [5.41, 5.74) is 1.50. The van der Waals surface area contributed by atoms with Gasteiger partial charge >= 0.3 is 0 Å². The molecular weight excluding hydrogens is 196 g/mol. The summed E-state index contributed by atoms with van der Waals surface area (Å²) in [4.78, 5) is 0. The van der Waals surface area contributed by atoms with Crippen LogP contribution in [0.5, 0.6) is 0 Å². The summed E-state index contributed by atoms with van der Waals surface area (Å²) >= 11 is 5.97. The maximum atomic E-state index is 8.64. The Kier molecular flexibility index (Phi) is 4.28. The van der Waals surface area contributed by atoms with Gasteiger partial charge in [-0.3, -0.25) is 0 Å². The average Bonchev–Trinajstić information content (AvgIpc) is 2.20. The highest BCUT2D eigenvalue weighted by atomic mass is 35.5. The Balaban J connectivity index is 2.65. The Labute approximate surface area is 89.5 Å². The minimum Gasteiger partial charge on any atom is -0.384 e. The van der Waals surface area contributed by atoms with Crippen molar-refractivity contribution in [1.82, 2.24) is 0 Å². The molecule has 0 aliphatic heterocycles. The first-order valence-electron chi connectivity index (χ1n) is 4.71. The highest BCUT2D eigenvalue weighted by Gasteiger charge is 2.00. The van der Waals surface area contributed by atoms with Crippen molar-refractivity contribution in [3.8, 4) is 6.07 Å². The first-order chi connectivity index (χ1) is 6.77. The van der Waals surface area contributed by atoms with Crippen LogP contribution in [0.15, 0.2) is 18.2 Å². The summed E-state index contributed by atoms with van der Waals surface area (Å²) in [5, 5.41) is 12.5. The fraction of sp³-hybridized carbons (Fsp3) is 0.364. The lowest BCUT2D eigenvalue weighted by Gasteiger charge is -2.07. The van der Waals surface area contributed by atoms with Crippen LogP contribution in [0.3, 0.4) is 0 Å². The van der Waals surface area contributed by atoms with E-state index in [1.807, 2.05) is 6.07 Å². The highest BCUT2D eigenvalue weighted by Crippen LogP contribution is 2.22. The van der Waals surface area contributed by atoms with Gasteiger partial charge in [0.15, 0.2) is 0 Å². The van der Waals surface area contributed by atoms with Gasteiger partial charge in [0.2, 0.25) is 0 Å². The lowest BCUT2D eigenvalue weighted by Crippen LogP contribution is -2.01. The lowest BCUT2D eigenvalue weighted by atomic mass is 10.2. The molecule has 1 N–H and O–H groups in total. The van der Waals surface area contributed by atoms with E-state index in [0.29, 0.717) is 10.6 Å². The Morgan fingerprint density at radius 1 is 1.50 bits per heavy atom. The van der Waals surface area contributed by atoms with Gasteiger partial charge in [-0.05, 0) is 24.6 Å². The van der Waals surface area contributed by atoms with E-state index in [9.17, 15) is 0 Å². The van der Waals surface area contributed by atoms with Crippen molar-refractivity contribution in [3.05, 3.63) is 28.8 Å². The predicted molar refractivity (Wildman–Crippen MR) is 59.6 cm³/mol. The Bertz CT molecular complexity index is 342. The third-order valence-corrected chi connectivity index (χ3v) is 2.26. The molecule has 0 aromatic heterocycles. The van der Waals surface area contributed by atoms with E-state index in [4.69, 9.17) is 16.9 Å². The first kappa shape index (κ1) is 10.9. The molecule has 2 nitrogen and oxygen atoms in total. The molecule has 0 saturated carbocycles. The molecule has 0 bridgehead atoms. The number of unbranched alkanes of at least 4 members (excludes halogenated alkanes) is 1. The molecule has 0 heterocycles. The van der Waals surface area contributed by atoms with Gasteiger partial charge in [-0.1, -0.05) is 24.9 Å². The maximum absolute atomic E-state index is 8.64. The van der Waals surface area contributed by atoms with Crippen LogP contribution in [0.1, 0.15) is 25.3 Å². The third-order valence-electron chi connectivity index (χ3n) is 1.94. The molecule has 0 radical (unpaired) electrons. The quantitative estimate of drug-likeness (QED) is 0.770. The second-order valence-electron chi connectivity index (χ2n) is 3.09. The summed E-state index contributed by atoms with van der Waals surface area (Å²) in [6.07, 6.45) is 2.28. The van der Waals surface area contributed by atoms with Crippen LogP contribution in [0.25, 0.3) is 0 Å². The number of halogens is 1. The standard InChI is InChI=1S/C11H13ClN2/c1-2-3-6-14-11-5-4-9(8-13)7-10(11)12/h4-5,7,14H,2-3,6H2,1H3. The second kappa shape index (κ2) is 5.51. The molecule has 14 heavy (non-hydrogen) atoms. The maximum Gasteiger partial charge on any atom is 0.0992 e. The van der Waals surface area contributed by atoms with Gasteiger partial charge < -0.3 is 5.32 Å². The predicted octanol–water partition coefficient (Wildman–Crippen LogP) is 3.42. The van der Waals surface area contributed by atoms with E-state index in [1.165, 1.54) is 0 Å². The molecule has 0 aliphatic carbocycles. The number of nitriles is 1. The Morgan fingerprint density at radius 3 is 2.86 bits per heavy atom. The van der Waals surface area contributed by atoms with E-state index >= 15 is 0 Å². The van der Waals surface area contributed by atoms with Crippen molar-refractivity contribution >= 4 is 17.3 Å². The van der Waals surface area contributed by atoms with Gasteiger partial charge in [0.05, 0.1) is 22.3 Å². The molecule has 0 amide bonds. The van der Waals surface area contributed by atoms with E-state index in [-0.39, 0.29) is 0 Å². The SMILES string of the molecule is CCCCNc1ccc(C#N)cc1Cl. The van der Waals surface area contributed by atoms with Gasteiger partial charge in [0, 0.05) is 6.54 Å². The van der Waals surface area contributed by atoms with E-state index in [0.717, 1.165) is 25.1 Å². The molecule has 1 aromatic carbocycles. The van der Waals surface area contributed by atoms with Gasteiger partial charge in [0.25, 0.3) is 0 Å². The zero-order valence-electron chi connectivity index (χ0n) is 8.18. The van der Waals surface area contributed by atoms with Crippen molar-refractivity contribution in [2.75, 3.05) is 11.9 Å². The van der Waals surface area contributed by atoms with Gasteiger partial charge in [-0.15, -0.1) is 0 Å². The van der Waals surface area contributed by atoms with Crippen molar-refractivity contribution in [2.24, 2.45) is 0 Å². The number of nitrogens with one attached hydrogen (secondary N) is 1. The third kappa shape index (κ3) is 2.93. The normalized spacial score (nSPS) is 9.50. The molecule has 0 atom stereocenters. The molecule has 3 heteroatoms. The smallest absolute Gasteiger partial charge is 0.0992 e. The number of benzene rings is 1. The van der Waals surface area contributed by atoms with Crippen LogP contribution in [0, 0.1) is 11.3 Å². The van der Waals surface area contributed by atoms with Crippen LogP contribution in [0.4, 0.5) is 5.69 Å². The zero-order chi connectivity index (χ0) is 10.4. The largest absolute Gasteiger partial charge is 0.384 e. The van der Waals surface area contributed by atoms with Crippen LogP contribution < -0.4 is 5.32 Å². The summed E-state index contributed by atoms with van der Waals surface area (Å²) in [6, 6.07) is 7.33. The molecule has 0 spiro atoms. The summed E-state index contributed by atoms with van der Waals surface area (Å²) in [6.45, 7) is 3.06. The van der Waals surface area contributed by atoms with Gasteiger partial charge in [-0.25, -0.2) is 0 Å². The topological polar surface area (TPSA) is 35.8 Å². The van der Waals surface area contributed by atoms with Crippen LogP contribution in [-0.4, -0.2) is 6.54 Å². The summed E-state index contributed by atoms with van der Waals surface area (Å²) < 4.78 is 0. The van der Waals surface area contributed by atoms with E-state index in [1.54, 1.807) is 12.1 Å². The van der Waals surface area contributed by atoms with Crippen LogP contribution in [-0.2, 0) is 0 Å². The molecular formula is C11H13ClN2. The van der Waals surface area contributed by atoms with Crippen molar-refractivity contribution in [1.29, 1.82) is 5.26 Å². The Morgan fingerprint density at radius 2 is 2.29 bits per heavy atom. The molecule has 0 aliphatic rings. The number of anilines is 1. The molecule has 1 rings (SSSR count). The van der Waals surface area contributed by atoms with Crippen LogP contribution in [0.2, 0.25) is 5.02 Å². The number of rotatable bonds is 4. The molecule has 0 fully saturated rings. The Hall–Kier alpha value is -1.20. The number of hydrogen-bond donors (Lipinski definition) is 1. The zero-order valence-corrected chi connectivity index (χ0v) is 8.93.